The zero-order valence-corrected chi connectivity index (χ0v) is 40.1. The summed E-state index contributed by atoms with van der Waals surface area (Å²) < 4.78 is 33.6. The van der Waals surface area contributed by atoms with Crippen molar-refractivity contribution in [2.45, 2.75) is 75.1 Å². The second-order valence-corrected chi connectivity index (χ2v) is 19.0. The molecule has 2 aliphatic rings. The average molecular weight is 965 g/mol. The zero-order chi connectivity index (χ0) is 47.9. The number of rotatable bonds is 25. The Bertz CT molecular complexity index is 2290. The minimum absolute atomic E-state index is 0.0259. The summed E-state index contributed by atoms with van der Waals surface area (Å²) >= 11 is 3.02. The van der Waals surface area contributed by atoms with Crippen molar-refractivity contribution in [3.8, 4) is 16.2 Å². The van der Waals surface area contributed by atoms with Gasteiger partial charge in [0.25, 0.3) is 5.69 Å². The smallest absolute Gasteiger partial charge is 0.270 e. The highest BCUT2D eigenvalue weighted by Crippen LogP contribution is 2.46. The van der Waals surface area contributed by atoms with Crippen molar-refractivity contribution in [2.24, 2.45) is 5.41 Å². The number of fused-ring (bicyclic) bond motifs is 2. The van der Waals surface area contributed by atoms with Gasteiger partial charge >= 0.3 is 0 Å². The zero-order valence-electron chi connectivity index (χ0n) is 38.4. The van der Waals surface area contributed by atoms with Gasteiger partial charge in [-0.25, -0.2) is 4.98 Å². The van der Waals surface area contributed by atoms with Gasteiger partial charge in [-0.1, -0.05) is 56.8 Å². The Morgan fingerprint density at radius 1 is 0.866 bits per heavy atom. The summed E-state index contributed by atoms with van der Waals surface area (Å²) in [5.74, 6) is -0.651. The standard InChI is InChI=1S/C47H60N6O12S2/c1-30(32-6-8-33(9-7-32)43-31(2)48-29-66-43)49-45(56)39-25-35(54)27-52(39)46(57)44(47(3,4)5)51-42(55)28-64-21-20-62-17-16-60-14-15-61-18-19-63-22-23-65-36-11-13-38-41(26-36)67-40-24-34(53(58)59)10-12-37(40)50-38/h6-13,24,26,29-30,35,39,44,50,54H,14-23,25,27-28H2,1-5H3,(H,49,56)(H,51,55)/t30-,35+,39-,44+/m0/s1. The third-order valence-electron chi connectivity index (χ3n) is 10.9. The van der Waals surface area contributed by atoms with Crippen LogP contribution in [0.25, 0.3) is 10.4 Å². The lowest BCUT2D eigenvalue weighted by Gasteiger charge is -2.35. The lowest BCUT2D eigenvalue weighted by atomic mass is 9.85. The van der Waals surface area contributed by atoms with Crippen LogP contribution >= 0.6 is 23.1 Å². The van der Waals surface area contributed by atoms with Crippen LogP contribution in [0.15, 0.2) is 76.0 Å². The highest BCUT2D eigenvalue weighted by Gasteiger charge is 2.44. The molecular formula is C47H60N6O12S2. The number of aliphatic hydroxyl groups excluding tert-OH is 1. The molecule has 362 valence electrons. The SMILES string of the molecule is Cc1ncsc1-c1ccc([C@H](C)NC(=O)[C@@H]2C[C@@H](O)CN2C(=O)[C@@H](NC(=O)COCCOCCOCCOCCOCCOc2ccc3c(c2)Sc2cc([N+](=O)[O-])ccc2N3)C(C)(C)C)cc1. The first kappa shape index (κ1) is 51.2. The second kappa shape index (κ2) is 24.7. The number of β-amino-alcohol motifs (C(OH)–C–C–N with tert-alkyl or cyclic N) is 1. The number of hydrogen-bond donors (Lipinski definition) is 4. The van der Waals surface area contributed by atoms with Crippen LogP contribution in [0.3, 0.4) is 0 Å². The predicted molar refractivity (Wildman–Crippen MR) is 253 cm³/mol. The van der Waals surface area contributed by atoms with E-state index in [1.807, 2.05) is 82.6 Å². The summed E-state index contributed by atoms with van der Waals surface area (Å²) in [5.41, 5.74) is 5.77. The number of aliphatic hydroxyl groups is 1. The normalized spacial score (nSPS) is 16.4. The Labute approximate surface area is 398 Å². The molecule has 0 radical (unpaired) electrons. The van der Waals surface area contributed by atoms with E-state index in [1.54, 1.807) is 23.5 Å². The van der Waals surface area contributed by atoms with Gasteiger partial charge in [-0.3, -0.25) is 24.5 Å². The fourth-order valence-corrected chi connectivity index (χ4v) is 9.20. The van der Waals surface area contributed by atoms with Gasteiger partial charge in [-0.05, 0) is 54.7 Å². The number of amides is 3. The molecule has 3 aromatic carbocycles. The number of nitrogens with one attached hydrogen (secondary N) is 3. The fraction of sp³-hybridized carbons (Fsp3) is 0.489. The predicted octanol–water partition coefficient (Wildman–Crippen LogP) is 6.07. The number of ether oxygens (including phenoxy) is 6. The van der Waals surface area contributed by atoms with Gasteiger partial charge in [0.05, 0.1) is 104 Å². The van der Waals surface area contributed by atoms with Crippen molar-refractivity contribution in [1.29, 1.82) is 0 Å². The van der Waals surface area contributed by atoms with Gasteiger partial charge in [0.1, 0.15) is 31.0 Å². The number of aromatic nitrogens is 1. The van der Waals surface area contributed by atoms with Gasteiger partial charge in [-0.15, -0.1) is 11.3 Å². The van der Waals surface area contributed by atoms with E-state index in [0.29, 0.717) is 58.6 Å². The number of likely N-dealkylation sites (tertiary alicyclic amines) is 1. The molecule has 20 heteroatoms. The first-order valence-corrected chi connectivity index (χ1v) is 23.8. The molecule has 2 aliphatic heterocycles. The topological polar surface area (TPSA) is 222 Å². The Balaban J connectivity index is 0.781. The van der Waals surface area contributed by atoms with Crippen molar-refractivity contribution in [3.05, 3.63) is 87.5 Å². The highest BCUT2D eigenvalue weighted by atomic mass is 32.2. The molecule has 6 rings (SSSR count). The minimum Gasteiger partial charge on any atom is -0.491 e. The number of non-ortho nitro benzene ring substituents is 1. The highest BCUT2D eigenvalue weighted by molar-refractivity contribution is 7.99. The Kier molecular flexibility index (Phi) is 18.9. The molecule has 4 aromatic rings. The van der Waals surface area contributed by atoms with E-state index in [2.05, 4.69) is 20.9 Å². The minimum atomic E-state index is -0.975. The molecule has 1 fully saturated rings. The molecule has 0 saturated carbocycles. The molecule has 0 bridgehead atoms. The Hall–Kier alpha value is -5.19. The van der Waals surface area contributed by atoms with E-state index in [0.717, 1.165) is 42.9 Å². The van der Waals surface area contributed by atoms with Crippen molar-refractivity contribution in [3.63, 3.8) is 0 Å². The van der Waals surface area contributed by atoms with E-state index in [9.17, 15) is 29.6 Å². The number of hydrogen-bond acceptors (Lipinski definition) is 16. The van der Waals surface area contributed by atoms with Crippen molar-refractivity contribution < 1.29 is 52.8 Å². The molecule has 1 aromatic heterocycles. The van der Waals surface area contributed by atoms with E-state index < -0.39 is 40.3 Å². The molecular weight excluding hydrogens is 905 g/mol. The summed E-state index contributed by atoms with van der Waals surface area (Å²) in [4.78, 5) is 59.7. The quantitative estimate of drug-likeness (QED) is 0.0296. The van der Waals surface area contributed by atoms with Gasteiger partial charge in [-0.2, -0.15) is 0 Å². The average Bonchev–Trinajstić information content (AvgIpc) is 3.92. The first-order chi connectivity index (χ1) is 32.2. The molecule has 4 N–H and O–H groups in total. The number of benzene rings is 3. The lowest BCUT2D eigenvalue weighted by molar-refractivity contribution is -0.385. The number of nitro groups is 1. The molecule has 18 nitrogen and oxygen atoms in total. The van der Waals surface area contributed by atoms with Crippen LogP contribution in [0.5, 0.6) is 5.75 Å². The van der Waals surface area contributed by atoms with Crippen molar-refractivity contribution >= 4 is 57.9 Å². The molecule has 1 saturated heterocycles. The number of carbonyl (C=O) groups is 3. The molecule has 67 heavy (non-hydrogen) atoms. The molecule has 0 unspecified atom stereocenters. The maximum Gasteiger partial charge on any atom is 0.270 e. The van der Waals surface area contributed by atoms with Crippen molar-refractivity contribution in [2.75, 3.05) is 84.5 Å². The molecule has 4 atom stereocenters. The van der Waals surface area contributed by atoms with Crippen LogP contribution in [0.4, 0.5) is 17.1 Å². The van der Waals surface area contributed by atoms with Crippen LogP contribution in [-0.4, -0.2) is 135 Å². The van der Waals surface area contributed by atoms with Gasteiger partial charge in [0.2, 0.25) is 17.7 Å². The summed E-state index contributed by atoms with van der Waals surface area (Å²) in [6.45, 7) is 12.3. The van der Waals surface area contributed by atoms with E-state index in [1.165, 1.54) is 22.7 Å². The largest absolute Gasteiger partial charge is 0.491 e. The molecule has 3 amide bonds. The van der Waals surface area contributed by atoms with Crippen molar-refractivity contribution in [1.82, 2.24) is 20.5 Å². The summed E-state index contributed by atoms with van der Waals surface area (Å²) in [6.07, 6.45) is -0.797. The van der Waals surface area contributed by atoms with Crippen LogP contribution in [0.1, 0.15) is 51.4 Å². The second-order valence-electron chi connectivity index (χ2n) is 17.1. The monoisotopic (exact) mass is 964 g/mol. The molecule has 0 spiro atoms. The number of nitro benzene ring substituents is 1. The number of anilines is 2. The number of aryl methyl sites for hydroxylation is 1. The van der Waals surface area contributed by atoms with E-state index in [-0.39, 0.29) is 50.4 Å². The fourth-order valence-electron chi connectivity index (χ4n) is 7.34. The maximum absolute atomic E-state index is 14.0. The summed E-state index contributed by atoms with van der Waals surface area (Å²) in [6, 6.07) is 16.1. The first-order valence-electron chi connectivity index (χ1n) is 22.2. The van der Waals surface area contributed by atoms with E-state index in [4.69, 9.17) is 28.4 Å². The van der Waals surface area contributed by atoms with Gasteiger partial charge in [0.15, 0.2) is 0 Å². The summed E-state index contributed by atoms with van der Waals surface area (Å²) in [7, 11) is 0. The Morgan fingerprint density at radius 3 is 2.06 bits per heavy atom. The van der Waals surface area contributed by atoms with Gasteiger partial charge in [0, 0.05) is 34.9 Å². The van der Waals surface area contributed by atoms with Crippen LogP contribution in [0.2, 0.25) is 0 Å². The molecule has 0 aliphatic carbocycles. The number of nitrogens with zero attached hydrogens (tertiary/aromatic N) is 3. The van der Waals surface area contributed by atoms with Crippen LogP contribution < -0.4 is 20.7 Å². The number of carbonyl (C=O) groups excluding carboxylic acids is 3. The Morgan fingerprint density at radius 2 is 1.46 bits per heavy atom. The van der Waals surface area contributed by atoms with Crippen LogP contribution in [-0.2, 0) is 38.1 Å². The third kappa shape index (κ3) is 14.9. The maximum atomic E-state index is 14.0. The van der Waals surface area contributed by atoms with Gasteiger partial charge < -0.3 is 54.4 Å². The van der Waals surface area contributed by atoms with Crippen LogP contribution in [0, 0.1) is 22.5 Å². The summed E-state index contributed by atoms with van der Waals surface area (Å²) in [5, 5.41) is 30.8. The third-order valence-corrected chi connectivity index (χ3v) is 13.0. The lowest BCUT2D eigenvalue weighted by Crippen LogP contribution is -2.58. The molecule has 3 heterocycles. The van der Waals surface area contributed by atoms with E-state index >= 15 is 0 Å². The number of thiazole rings is 1.